The summed E-state index contributed by atoms with van der Waals surface area (Å²) in [5, 5.41) is 3.49. The maximum absolute atomic E-state index is 13.9. The largest absolute Gasteiger partial charge is 0.383 e. The zero-order valence-corrected chi connectivity index (χ0v) is 13.5. The first-order valence-electron chi connectivity index (χ1n) is 7.07. The third-order valence-corrected chi connectivity index (χ3v) is 4.15. The second kappa shape index (κ2) is 8.08. The van der Waals surface area contributed by atoms with Gasteiger partial charge in [-0.2, -0.15) is 0 Å². The maximum atomic E-state index is 13.9. The summed E-state index contributed by atoms with van der Waals surface area (Å²) in [6.45, 7) is 4.16. The quantitative estimate of drug-likeness (QED) is 0.823. The highest BCUT2D eigenvalue weighted by Crippen LogP contribution is 2.17. The predicted octanol–water partition coefficient (Wildman–Crippen LogP) is 2.79. The van der Waals surface area contributed by atoms with Gasteiger partial charge in [0.25, 0.3) is 0 Å². The van der Waals surface area contributed by atoms with Crippen molar-refractivity contribution >= 4 is 15.9 Å². The van der Waals surface area contributed by atoms with E-state index in [2.05, 4.69) is 26.1 Å². The van der Waals surface area contributed by atoms with Gasteiger partial charge in [-0.05, 0) is 31.5 Å². The minimum atomic E-state index is -0.152. The van der Waals surface area contributed by atoms with Crippen LogP contribution in [0.2, 0.25) is 0 Å². The molecule has 0 amide bonds. The highest BCUT2D eigenvalue weighted by Gasteiger charge is 2.18. The Hall–Kier alpha value is -0.490. The van der Waals surface area contributed by atoms with Crippen LogP contribution in [0, 0.1) is 5.82 Å². The zero-order chi connectivity index (χ0) is 14.4. The summed E-state index contributed by atoms with van der Waals surface area (Å²) in [6.07, 6.45) is 2.43. The molecule has 20 heavy (non-hydrogen) atoms. The van der Waals surface area contributed by atoms with Crippen molar-refractivity contribution in [3.8, 4) is 0 Å². The molecule has 112 valence electrons. The van der Waals surface area contributed by atoms with Crippen LogP contribution in [0.5, 0.6) is 0 Å². The van der Waals surface area contributed by atoms with Gasteiger partial charge in [-0.3, -0.25) is 4.90 Å². The molecule has 1 fully saturated rings. The average molecular weight is 345 g/mol. The molecule has 1 N–H and O–H groups in total. The predicted molar refractivity (Wildman–Crippen MR) is 82.3 cm³/mol. The highest BCUT2D eigenvalue weighted by molar-refractivity contribution is 9.10. The molecule has 1 aromatic rings. The van der Waals surface area contributed by atoms with Crippen LogP contribution in [-0.2, 0) is 11.3 Å². The van der Waals surface area contributed by atoms with Crippen LogP contribution in [0.1, 0.15) is 18.4 Å². The van der Waals surface area contributed by atoms with Crippen molar-refractivity contribution in [3.63, 3.8) is 0 Å². The first kappa shape index (κ1) is 15.9. The minimum Gasteiger partial charge on any atom is -0.383 e. The zero-order valence-electron chi connectivity index (χ0n) is 11.9. The fraction of sp³-hybridized carbons (Fsp3) is 0.600. The van der Waals surface area contributed by atoms with Gasteiger partial charge < -0.3 is 10.1 Å². The van der Waals surface area contributed by atoms with Gasteiger partial charge in [-0.1, -0.05) is 22.0 Å². The van der Waals surface area contributed by atoms with E-state index < -0.39 is 0 Å². The van der Waals surface area contributed by atoms with E-state index in [1.54, 1.807) is 7.11 Å². The van der Waals surface area contributed by atoms with Gasteiger partial charge >= 0.3 is 0 Å². The standard InChI is InChI=1S/C15H22BrFN2O/c1-20-8-7-19(11-14-3-2-6-18-14)10-12-4-5-13(16)9-15(12)17/h4-5,9,14,18H,2-3,6-8,10-11H2,1H3. The van der Waals surface area contributed by atoms with Gasteiger partial charge in [0.15, 0.2) is 0 Å². The number of halogens is 2. The topological polar surface area (TPSA) is 24.5 Å². The second-order valence-electron chi connectivity index (χ2n) is 5.26. The van der Waals surface area contributed by atoms with Crippen LogP contribution in [-0.4, -0.2) is 44.3 Å². The molecule has 1 saturated heterocycles. The summed E-state index contributed by atoms with van der Waals surface area (Å²) in [5.41, 5.74) is 0.738. The lowest BCUT2D eigenvalue weighted by molar-refractivity contribution is 0.137. The molecule has 0 saturated carbocycles. The van der Waals surface area contributed by atoms with Gasteiger partial charge in [-0.25, -0.2) is 4.39 Å². The maximum Gasteiger partial charge on any atom is 0.128 e. The Bertz CT molecular complexity index is 424. The summed E-state index contributed by atoms with van der Waals surface area (Å²) in [4.78, 5) is 2.26. The number of methoxy groups -OCH3 is 1. The van der Waals surface area contributed by atoms with Gasteiger partial charge in [0.05, 0.1) is 6.61 Å². The summed E-state index contributed by atoms with van der Waals surface area (Å²) in [5.74, 6) is -0.152. The van der Waals surface area contributed by atoms with E-state index in [1.807, 2.05) is 12.1 Å². The Kier molecular flexibility index (Phi) is 6.42. The number of nitrogens with one attached hydrogen (secondary N) is 1. The smallest absolute Gasteiger partial charge is 0.128 e. The Labute approximate surface area is 128 Å². The van der Waals surface area contributed by atoms with E-state index in [9.17, 15) is 4.39 Å². The lowest BCUT2D eigenvalue weighted by atomic mass is 10.1. The van der Waals surface area contributed by atoms with Crippen molar-refractivity contribution in [2.24, 2.45) is 0 Å². The first-order valence-corrected chi connectivity index (χ1v) is 7.87. The Balaban J connectivity index is 1.97. The van der Waals surface area contributed by atoms with Crippen molar-refractivity contribution in [2.75, 3.05) is 33.4 Å². The van der Waals surface area contributed by atoms with Crippen molar-refractivity contribution in [3.05, 3.63) is 34.1 Å². The summed E-state index contributed by atoms with van der Waals surface area (Å²) < 4.78 is 19.9. The van der Waals surface area contributed by atoms with Crippen LogP contribution in [0.15, 0.2) is 22.7 Å². The SMILES string of the molecule is COCCN(Cc1ccc(Br)cc1F)CC1CCCN1. The summed E-state index contributed by atoms with van der Waals surface area (Å²) in [6, 6.07) is 5.78. The van der Waals surface area contributed by atoms with Crippen LogP contribution in [0.4, 0.5) is 4.39 Å². The van der Waals surface area contributed by atoms with Crippen LogP contribution in [0.3, 0.4) is 0 Å². The average Bonchev–Trinajstić information content (AvgIpc) is 2.92. The molecule has 0 aliphatic carbocycles. The number of rotatable bonds is 7. The van der Waals surface area contributed by atoms with E-state index in [4.69, 9.17) is 4.74 Å². The van der Waals surface area contributed by atoms with E-state index in [0.29, 0.717) is 19.2 Å². The fourth-order valence-corrected chi connectivity index (χ4v) is 2.90. The number of nitrogens with zero attached hydrogens (tertiary/aromatic N) is 1. The van der Waals surface area contributed by atoms with Gasteiger partial charge in [0.2, 0.25) is 0 Å². The molecule has 2 rings (SSSR count). The molecule has 3 nitrogen and oxygen atoms in total. The lowest BCUT2D eigenvalue weighted by Gasteiger charge is -2.25. The summed E-state index contributed by atoms with van der Waals surface area (Å²) >= 11 is 3.29. The number of benzene rings is 1. The van der Waals surface area contributed by atoms with Gasteiger partial charge in [0, 0.05) is 42.8 Å². The Morgan fingerprint density at radius 2 is 2.35 bits per heavy atom. The molecule has 1 unspecified atom stereocenters. The van der Waals surface area contributed by atoms with E-state index in [-0.39, 0.29) is 5.82 Å². The van der Waals surface area contributed by atoms with Gasteiger partial charge in [0.1, 0.15) is 5.82 Å². The third kappa shape index (κ3) is 4.81. The molecule has 0 aromatic heterocycles. The molecule has 0 radical (unpaired) electrons. The fourth-order valence-electron chi connectivity index (χ4n) is 2.57. The van der Waals surface area contributed by atoms with Crippen molar-refractivity contribution < 1.29 is 9.13 Å². The first-order chi connectivity index (χ1) is 9.69. The molecule has 1 atom stereocenters. The monoisotopic (exact) mass is 344 g/mol. The van der Waals surface area contributed by atoms with E-state index >= 15 is 0 Å². The van der Waals surface area contributed by atoms with Crippen LogP contribution < -0.4 is 5.32 Å². The summed E-state index contributed by atoms with van der Waals surface area (Å²) in [7, 11) is 1.70. The Morgan fingerprint density at radius 3 is 3.00 bits per heavy atom. The van der Waals surface area contributed by atoms with Crippen molar-refractivity contribution in [1.82, 2.24) is 10.2 Å². The van der Waals surface area contributed by atoms with Crippen LogP contribution >= 0.6 is 15.9 Å². The number of ether oxygens (including phenoxy) is 1. The molecule has 1 heterocycles. The second-order valence-corrected chi connectivity index (χ2v) is 6.17. The van der Waals surface area contributed by atoms with Gasteiger partial charge in [-0.15, -0.1) is 0 Å². The van der Waals surface area contributed by atoms with E-state index in [0.717, 1.165) is 29.7 Å². The Morgan fingerprint density at radius 1 is 1.50 bits per heavy atom. The highest BCUT2D eigenvalue weighted by atomic mass is 79.9. The number of hydrogen-bond acceptors (Lipinski definition) is 3. The van der Waals surface area contributed by atoms with E-state index in [1.165, 1.54) is 18.9 Å². The molecule has 1 aromatic carbocycles. The molecular weight excluding hydrogens is 323 g/mol. The van der Waals surface area contributed by atoms with Crippen molar-refractivity contribution in [1.29, 1.82) is 0 Å². The molecule has 0 bridgehead atoms. The molecule has 1 aliphatic rings. The van der Waals surface area contributed by atoms with Crippen molar-refractivity contribution in [2.45, 2.75) is 25.4 Å². The lowest BCUT2D eigenvalue weighted by Crippen LogP contribution is -2.38. The molecule has 0 spiro atoms. The third-order valence-electron chi connectivity index (χ3n) is 3.66. The minimum absolute atomic E-state index is 0.152. The molecule has 1 aliphatic heterocycles. The molecular formula is C15H22BrFN2O. The normalized spacial score (nSPS) is 18.9. The molecule has 5 heteroatoms. The van der Waals surface area contributed by atoms with Crippen LogP contribution in [0.25, 0.3) is 0 Å². The number of hydrogen-bond donors (Lipinski definition) is 1.